The summed E-state index contributed by atoms with van der Waals surface area (Å²) in [5.41, 5.74) is 6.78. The molecule has 2 N–H and O–H groups in total. The fourth-order valence-electron chi connectivity index (χ4n) is 1.97. The molecule has 0 aliphatic heterocycles. The average Bonchev–Trinajstić information content (AvgIpc) is 2.47. The zero-order valence-electron chi connectivity index (χ0n) is 11.2. The summed E-state index contributed by atoms with van der Waals surface area (Å²) in [5, 5.41) is 0. The zero-order valence-corrected chi connectivity index (χ0v) is 12.0. The predicted octanol–water partition coefficient (Wildman–Crippen LogP) is 3.54. The minimum Gasteiger partial charge on any atom is -0.396 e. The molecule has 0 aliphatic rings. The van der Waals surface area contributed by atoms with Crippen LogP contribution in [0.3, 0.4) is 0 Å². The van der Waals surface area contributed by atoms with Crippen molar-refractivity contribution < 1.29 is 8.60 Å². The van der Waals surface area contributed by atoms with E-state index in [1.54, 1.807) is 6.07 Å². The molecular weight excluding hydrogens is 273 g/mol. The van der Waals surface area contributed by atoms with E-state index in [0.717, 1.165) is 19.3 Å². The van der Waals surface area contributed by atoms with Crippen molar-refractivity contribution in [2.24, 2.45) is 0 Å². The highest BCUT2D eigenvalue weighted by molar-refractivity contribution is 7.85. The lowest BCUT2D eigenvalue weighted by molar-refractivity contribution is 0.627. The van der Waals surface area contributed by atoms with E-state index < -0.39 is 16.6 Å². The Bertz CT molecular complexity index is 586. The van der Waals surface area contributed by atoms with Crippen LogP contribution in [0.1, 0.15) is 18.4 Å². The third-order valence-electron chi connectivity index (χ3n) is 3.12. The molecule has 0 bridgehead atoms. The average molecular weight is 291 g/mol. The van der Waals surface area contributed by atoms with Gasteiger partial charge in [0.15, 0.2) is 0 Å². The molecule has 1 atom stereocenters. The van der Waals surface area contributed by atoms with Crippen molar-refractivity contribution in [1.82, 2.24) is 0 Å². The molecule has 0 amide bonds. The highest BCUT2D eigenvalue weighted by Gasteiger charge is 2.07. The zero-order chi connectivity index (χ0) is 14.4. The molecule has 2 rings (SSSR count). The predicted molar refractivity (Wildman–Crippen MR) is 81.5 cm³/mol. The van der Waals surface area contributed by atoms with Gasteiger partial charge in [-0.2, -0.15) is 0 Å². The number of aryl methyl sites for hydroxylation is 1. The van der Waals surface area contributed by atoms with Crippen LogP contribution in [0.5, 0.6) is 0 Å². The van der Waals surface area contributed by atoms with Gasteiger partial charge in [0.05, 0.1) is 16.5 Å². The van der Waals surface area contributed by atoms with Crippen molar-refractivity contribution in [3.05, 3.63) is 59.9 Å². The number of benzene rings is 2. The van der Waals surface area contributed by atoms with Crippen LogP contribution in [0.15, 0.2) is 53.4 Å². The number of halogens is 1. The van der Waals surface area contributed by atoms with E-state index in [1.807, 2.05) is 18.2 Å². The number of nitrogens with two attached hydrogens (primary N) is 1. The van der Waals surface area contributed by atoms with Crippen molar-refractivity contribution in [3.8, 4) is 0 Å². The summed E-state index contributed by atoms with van der Waals surface area (Å²) in [7, 11) is -1.16. The number of hydrogen-bond acceptors (Lipinski definition) is 2. The van der Waals surface area contributed by atoms with E-state index >= 15 is 0 Å². The smallest absolute Gasteiger partial charge is 0.147 e. The SMILES string of the molecule is Nc1ccc(S(=O)CCCCc2ccccc2)cc1F. The molecule has 0 saturated carbocycles. The molecule has 2 nitrogen and oxygen atoms in total. The Balaban J connectivity index is 1.79. The minimum atomic E-state index is -1.16. The maximum atomic E-state index is 13.3. The first kappa shape index (κ1) is 14.7. The summed E-state index contributed by atoms with van der Waals surface area (Å²) in [6, 6.07) is 14.6. The van der Waals surface area contributed by atoms with E-state index in [2.05, 4.69) is 12.1 Å². The van der Waals surface area contributed by atoms with Crippen molar-refractivity contribution in [2.75, 3.05) is 11.5 Å². The molecule has 0 saturated heterocycles. The third kappa shape index (κ3) is 4.17. The van der Waals surface area contributed by atoms with Crippen LogP contribution >= 0.6 is 0 Å². The molecule has 1 unspecified atom stereocenters. The molecule has 0 aromatic heterocycles. The first-order valence-corrected chi connectivity index (χ1v) is 7.96. The second kappa shape index (κ2) is 7.20. The molecule has 0 heterocycles. The van der Waals surface area contributed by atoms with Crippen LogP contribution in [0, 0.1) is 5.82 Å². The van der Waals surface area contributed by atoms with Gasteiger partial charge >= 0.3 is 0 Å². The van der Waals surface area contributed by atoms with Crippen LogP contribution in [-0.2, 0) is 17.2 Å². The molecular formula is C16H18FNOS. The topological polar surface area (TPSA) is 43.1 Å². The van der Waals surface area contributed by atoms with Gasteiger partial charge in [0.2, 0.25) is 0 Å². The Kier molecular flexibility index (Phi) is 5.30. The Morgan fingerprint density at radius 2 is 1.80 bits per heavy atom. The standard InChI is InChI=1S/C16H18FNOS/c17-15-12-14(9-10-16(15)18)20(19)11-5-4-8-13-6-2-1-3-7-13/h1-3,6-7,9-10,12H,4-5,8,11,18H2. The first-order valence-electron chi connectivity index (χ1n) is 6.64. The van der Waals surface area contributed by atoms with Gasteiger partial charge in [-0.05, 0) is 43.0 Å². The molecule has 0 radical (unpaired) electrons. The van der Waals surface area contributed by atoms with Gasteiger partial charge in [-0.15, -0.1) is 0 Å². The Morgan fingerprint density at radius 3 is 2.50 bits per heavy atom. The molecule has 2 aromatic carbocycles. The van der Waals surface area contributed by atoms with Gasteiger partial charge in [-0.1, -0.05) is 30.3 Å². The Hall–Kier alpha value is -1.68. The number of hydrogen-bond donors (Lipinski definition) is 1. The lowest BCUT2D eigenvalue weighted by Crippen LogP contribution is -2.01. The molecule has 0 fully saturated rings. The monoisotopic (exact) mass is 291 g/mol. The maximum absolute atomic E-state index is 13.3. The number of nitrogen functional groups attached to an aromatic ring is 1. The molecule has 4 heteroatoms. The summed E-state index contributed by atoms with van der Waals surface area (Å²) in [5.74, 6) is 0.0519. The van der Waals surface area contributed by atoms with Gasteiger partial charge in [0, 0.05) is 10.6 Å². The Morgan fingerprint density at radius 1 is 1.05 bits per heavy atom. The molecule has 106 valence electrons. The molecule has 0 spiro atoms. The quantitative estimate of drug-likeness (QED) is 0.653. The van der Waals surface area contributed by atoms with Gasteiger partial charge in [0.1, 0.15) is 5.82 Å². The second-order valence-corrected chi connectivity index (χ2v) is 6.25. The van der Waals surface area contributed by atoms with Crippen LogP contribution in [0.25, 0.3) is 0 Å². The normalized spacial score (nSPS) is 12.2. The van der Waals surface area contributed by atoms with E-state index in [4.69, 9.17) is 5.73 Å². The van der Waals surface area contributed by atoms with Crippen molar-refractivity contribution >= 4 is 16.5 Å². The van der Waals surface area contributed by atoms with E-state index in [-0.39, 0.29) is 5.69 Å². The summed E-state index contributed by atoms with van der Waals surface area (Å²) in [6.45, 7) is 0. The number of anilines is 1. The summed E-state index contributed by atoms with van der Waals surface area (Å²) in [4.78, 5) is 0.511. The van der Waals surface area contributed by atoms with Crippen LogP contribution in [-0.4, -0.2) is 9.96 Å². The van der Waals surface area contributed by atoms with Gasteiger partial charge in [0.25, 0.3) is 0 Å². The lowest BCUT2D eigenvalue weighted by atomic mass is 10.1. The molecule has 0 aliphatic carbocycles. The third-order valence-corrected chi connectivity index (χ3v) is 4.56. The van der Waals surface area contributed by atoms with E-state index in [0.29, 0.717) is 10.6 Å². The molecule has 20 heavy (non-hydrogen) atoms. The fourth-order valence-corrected chi connectivity index (χ4v) is 3.13. The van der Waals surface area contributed by atoms with Crippen LogP contribution < -0.4 is 5.73 Å². The van der Waals surface area contributed by atoms with Crippen molar-refractivity contribution in [2.45, 2.75) is 24.2 Å². The number of unbranched alkanes of at least 4 members (excludes halogenated alkanes) is 1. The number of rotatable bonds is 6. The largest absolute Gasteiger partial charge is 0.396 e. The summed E-state index contributed by atoms with van der Waals surface area (Å²) < 4.78 is 25.3. The highest BCUT2D eigenvalue weighted by atomic mass is 32.2. The van der Waals surface area contributed by atoms with Gasteiger partial charge < -0.3 is 5.73 Å². The molecule has 2 aromatic rings. The van der Waals surface area contributed by atoms with Gasteiger partial charge in [-0.25, -0.2) is 4.39 Å². The van der Waals surface area contributed by atoms with Crippen molar-refractivity contribution in [1.29, 1.82) is 0 Å². The summed E-state index contributed by atoms with van der Waals surface area (Å²) >= 11 is 0. The van der Waals surface area contributed by atoms with Crippen LogP contribution in [0.4, 0.5) is 10.1 Å². The summed E-state index contributed by atoms with van der Waals surface area (Å²) in [6.07, 6.45) is 2.81. The Labute approximate surface area is 121 Å². The second-order valence-electron chi connectivity index (χ2n) is 4.68. The van der Waals surface area contributed by atoms with E-state index in [1.165, 1.54) is 17.7 Å². The van der Waals surface area contributed by atoms with Crippen LogP contribution in [0.2, 0.25) is 0 Å². The first-order chi connectivity index (χ1) is 9.66. The maximum Gasteiger partial charge on any atom is 0.147 e. The minimum absolute atomic E-state index is 0.0924. The lowest BCUT2D eigenvalue weighted by Gasteiger charge is -2.04. The van der Waals surface area contributed by atoms with Crippen molar-refractivity contribution in [3.63, 3.8) is 0 Å². The highest BCUT2D eigenvalue weighted by Crippen LogP contribution is 2.16. The van der Waals surface area contributed by atoms with Gasteiger partial charge in [-0.3, -0.25) is 4.21 Å². The van der Waals surface area contributed by atoms with E-state index in [9.17, 15) is 8.60 Å². The fraction of sp³-hybridized carbons (Fsp3) is 0.250.